The number of aromatic nitrogens is 3. The van der Waals surface area contributed by atoms with Gasteiger partial charge in [0.2, 0.25) is 0 Å². The molecule has 0 saturated heterocycles. The highest BCUT2D eigenvalue weighted by molar-refractivity contribution is 7.99. The zero-order valence-corrected chi connectivity index (χ0v) is 14.4. The summed E-state index contributed by atoms with van der Waals surface area (Å²) in [6.45, 7) is 0. The van der Waals surface area contributed by atoms with Crippen molar-refractivity contribution in [1.29, 1.82) is 0 Å². The van der Waals surface area contributed by atoms with Gasteiger partial charge in [-0.1, -0.05) is 36.0 Å². The fourth-order valence-electron chi connectivity index (χ4n) is 2.37. The van der Waals surface area contributed by atoms with E-state index in [2.05, 4.69) is 22.3 Å². The Hall–Kier alpha value is -2.34. The predicted molar refractivity (Wildman–Crippen MR) is 93.8 cm³/mol. The number of hydrogen-bond donors (Lipinski definition) is 0. The number of aryl methyl sites for hydroxylation is 1. The van der Waals surface area contributed by atoms with E-state index >= 15 is 0 Å². The van der Waals surface area contributed by atoms with Crippen LogP contribution in [0.25, 0.3) is 11.4 Å². The maximum absolute atomic E-state index is 13.9. The van der Waals surface area contributed by atoms with Crippen LogP contribution in [0.3, 0.4) is 0 Å². The van der Waals surface area contributed by atoms with Crippen LogP contribution in [0.5, 0.6) is 5.75 Å². The van der Waals surface area contributed by atoms with E-state index in [-0.39, 0.29) is 5.82 Å². The lowest BCUT2D eigenvalue weighted by Crippen LogP contribution is -1.97. The molecular formula is C18H18FN3OS. The van der Waals surface area contributed by atoms with Gasteiger partial charge in [0.25, 0.3) is 0 Å². The summed E-state index contributed by atoms with van der Waals surface area (Å²) in [6, 6.07) is 14.6. The lowest BCUT2D eigenvalue weighted by Gasteiger charge is -2.05. The summed E-state index contributed by atoms with van der Waals surface area (Å²) in [5, 5.41) is 9.09. The molecule has 2 aromatic carbocycles. The van der Waals surface area contributed by atoms with E-state index < -0.39 is 0 Å². The second-order valence-corrected chi connectivity index (χ2v) is 6.35. The number of ether oxygens (including phenoxy) is 1. The Morgan fingerprint density at radius 1 is 1.08 bits per heavy atom. The van der Waals surface area contributed by atoms with Gasteiger partial charge in [0, 0.05) is 12.8 Å². The van der Waals surface area contributed by atoms with Crippen molar-refractivity contribution in [1.82, 2.24) is 14.8 Å². The van der Waals surface area contributed by atoms with E-state index in [0.29, 0.717) is 11.4 Å². The molecule has 24 heavy (non-hydrogen) atoms. The first-order valence-corrected chi connectivity index (χ1v) is 8.57. The first-order chi connectivity index (χ1) is 11.7. The van der Waals surface area contributed by atoms with Gasteiger partial charge in [-0.25, -0.2) is 4.39 Å². The van der Waals surface area contributed by atoms with Gasteiger partial charge in [0.15, 0.2) is 11.0 Å². The largest absolute Gasteiger partial charge is 0.497 e. The molecule has 0 atom stereocenters. The maximum Gasteiger partial charge on any atom is 0.191 e. The van der Waals surface area contributed by atoms with Crippen molar-refractivity contribution in [2.75, 3.05) is 12.9 Å². The van der Waals surface area contributed by atoms with Crippen LogP contribution in [0.15, 0.2) is 53.7 Å². The van der Waals surface area contributed by atoms with Crippen molar-refractivity contribution in [3.05, 3.63) is 59.9 Å². The number of nitrogens with zero attached hydrogens (tertiary/aromatic N) is 3. The molecule has 0 amide bonds. The first kappa shape index (κ1) is 16.5. The van der Waals surface area contributed by atoms with Gasteiger partial charge in [0.1, 0.15) is 11.6 Å². The molecule has 0 aliphatic rings. The summed E-state index contributed by atoms with van der Waals surface area (Å²) in [6.07, 6.45) is 0.913. The van der Waals surface area contributed by atoms with Gasteiger partial charge in [0.05, 0.1) is 12.7 Å². The third kappa shape index (κ3) is 3.59. The van der Waals surface area contributed by atoms with Gasteiger partial charge in [-0.05, 0) is 36.2 Å². The SMILES string of the molecule is COc1ccc(CCSc2nnc(-c3ccccc3F)n2C)cc1. The molecule has 1 aromatic heterocycles. The van der Waals surface area contributed by atoms with E-state index in [1.165, 1.54) is 11.6 Å². The minimum Gasteiger partial charge on any atom is -0.497 e. The molecule has 0 aliphatic carbocycles. The highest BCUT2D eigenvalue weighted by Crippen LogP contribution is 2.25. The van der Waals surface area contributed by atoms with Gasteiger partial charge in [-0.3, -0.25) is 0 Å². The van der Waals surface area contributed by atoms with E-state index in [1.807, 2.05) is 23.7 Å². The molecule has 3 rings (SSSR count). The van der Waals surface area contributed by atoms with E-state index in [4.69, 9.17) is 4.74 Å². The number of halogens is 1. The van der Waals surface area contributed by atoms with Crippen LogP contribution in [0.2, 0.25) is 0 Å². The summed E-state index contributed by atoms with van der Waals surface area (Å²) in [7, 11) is 3.52. The number of thioether (sulfide) groups is 1. The molecule has 0 aliphatic heterocycles. The Morgan fingerprint density at radius 2 is 1.83 bits per heavy atom. The van der Waals surface area contributed by atoms with Crippen molar-refractivity contribution >= 4 is 11.8 Å². The molecule has 6 heteroatoms. The Bertz CT molecular complexity index is 817. The van der Waals surface area contributed by atoms with Crippen LogP contribution < -0.4 is 4.74 Å². The molecule has 0 N–H and O–H groups in total. The number of methoxy groups -OCH3 is 1. The Balaban J connectivity index is 1.65. The Labute approximate surface area is 144 Å². The normalized spacial score (nSPS) is 10.8. The van der Waals surface area contributed by atoms with Crippen molar-refractivity contribution in [3.8, 4) is 17.1 Å². The highest BCUT2D eigenvalue weighted by Gasteiger charge is 2.14. The zero-order chi connectivity index (χ0) is 16.9. The summed E-state index contributed by atoms with van der Waals surface area (Å²) in [5.74, 6) is 1.98. The van der Waals surface area contributed by atoms with Crippen LogP contribution in [-0.2, 0) is 13.5 Å². The van der Waals surface area contributed by atoms with E-state index in [1.54, 1.807) is 37.1 Å². The molecule has 1 heterocycles. The minimum atomic E-state index is -0.289. The lowest BCUT2D eigenvalue weighted by atomic mass is 10.2. The van der Waals surface area contributed by atoms with E-state index in [0.717, 1.165) is 23.1 Å². The van der Waals surface area contributed by atoms with Crippen LogP contribution in [0.1, 0.15) is 5.56 Å². The summed E-state index contributed by atoms with van der Waals surface area (Å²) < 4.78 is 20.9. The monoisotopic (exact) mass is 343 g/mol. The first-order valence-electron chi connectivity index (χ1n) is 7.59. The molecule has 0 bridgehead atoms. The standard InChI is InChI=1S/C18H18FN3OS/c1-22-17(15-5-3-4-6-16(15)19)20-21-18(22)24-12-11-13-7-9-14(23-2)10-8-13/h3-10H,11-12H2,1-2H3. The van der Waals surface area contributed by atoms with Crippen LogP contribution in [-0.4, -0.2) is 27.6 Å². The number of benzene rings is 2. The molecule has 124 valence electrons. The highest BCUT2D eigenvalue weighted by atomic mass is 32.2. The molecule has 4 nitrogen and oxygen atoms in total. The summed E-state index contributed by atoms with van der Waals surface area (Å²) in [5.41, 5.74) is 1.70. The molecular weight excluding hydrogens is 325 g/mol. The van der Waals surface area contributed by atoms with Gasteiger partial charge in [-0.2, -0.15) is 0 Å². The Kier molecular flexibility index (Phi) is 5.15. The van der Waals surface area contributed by atoms with Gasteiger partial charge < -0.3 is 9.30 Å². The third-order valence-electron chi connectivity index (χ3n) is 3.73. The average molecular weight is 343 g/mol. The van der Waals surface area contributed by atoms with Crippen LogP contribution >= 0.6 is 11.8 Å². The molecule has 0 fully saturated rings. The maximum atomic E-state index is 13.9. The van der Waals surface area contributed by atoms with E-state index in [9.17, 15) is 4.39 Å². The van der Waals surface area contributed by atoms with Crippen molar-refractivity contribution in [3.63, 3.8) is 0 Å². The van der Waals surface area contributed by atoms with Crippen molar-refractivity contribution in [2.24, 2.45) is 7.05 Å². The van der Waals surface area contributed by atoms with Crippen molar-refractivity contribution in [2.45, 2.75) is 11.6 Å². The van der Waals surface area contributed by atoms with Gasteiger partial charge in [-0.15, -0.1) is 10.2 Å². The summed E-state index contributed by atoms with van der Waals surface area (Å²) >= 11 is 1.61. The second-order valence-electron chi connectivity index (χ2n) is 5.29. The average Bonchev–Trinajstić information content (AvgIpc) is 2.97. The molecule has 0 radical (unpaired) electrons. The topological polar surface area (TPSA) is 39.9 Å². The fraction of sp³-hybridized carbons (Fsp3) is 0.222. The van der Waals surface area contributed by atoms with Crippen molar-refractivity contribution < 1.29 is 9.13 Å². The van der Waals surface area contributed by atoms with Gasteiger partial charge >= 0.3 is 0 Å². The third-order valence-corrected chi connectivity index (χ3v) is 4.75. The fourth-order valence-corrected chi connectivity index (χ4v) is 3.27. The summed E-state index contributed by atoms with van der Waals surface area (Å²) in [4.78, 5) is 0. The zero-order valence-electron chi connectivity index (χ0n) is 13.6. The number of hydrogen-bond acceptors (Lipinski definition) is 4. The molecule has 0 spiro atoms. The minimum absolute atomic E-state index is 0.289. The number of rotatable bonds is 6. The molecule has 0 unspecified atom stereocenters. The quantitative estimate of drug-likeness (QED) is 0.635. The lowest BCUT2D eigenvalue weighted by molar-refractivity contribution is 0.414. The second kappa shape index (κ2) is 7.49. The predicted octanol–water partition coefficient (Wildman–Crippen LogP) is 3.96. The molecule has 3 aromatic rings. The van der Waals surface area contributed by atoms with Crippen LogP contribution in [0.4, 0.5) is 4.39 Å². The molecule has 0 saturated carbocycles. The smallest absolute Gasteiger partial charge is 0.191 e. The Morgan fingerprint density at radius 3 is 2.54 bits per heavy atom. The van der Waals surface area contributed by atoms with Crippen LogP contribution in [0, 0.1) is 5.82 Å².